The van der Waals surface area contributed by atoms with Crippen molar-refractivity contribution >= 4 is 51.1 Å². The number of amides is 1. The van der Waals surface area contributed by atoms with Crippen LogP contribution in [0.2, 0.25) is 10.0 Å². The number of thiazole rings is 1. The summed E-state index contributed by atoms with van der Waals surface area (Å²) in [4.78, 5) is 17.0. The summed E-state index contributed by atoms with van der Waals surface area (Å²) in [6.07, 6.45) is 3.51. The van der Waals surface area contributed by atoms with E-state index < -0.39 is 0 Å². The van der Waals surface area contributed by atoms with Crippen LogP contribution in [-0.4, -0.2) is 15.3 Å². The van der Waals surface area contributed by atoms with Crippen LogP contribution in [0.3, 0.4) is 0 Å². The van der Waals surface area contributed by atoms with E-state index in [0.29, 0.717) is 21.4 Å². The summed E-state index contributed by atoms with van der Waals surface area (Å²) in [6.45, 7) is 0. The predicted octanol–water partition coefficient (Wildman–Crippen LogP) is 3.95. The molecule has 0 atom stereocenters. The third-order valence-corrected chi connectivity index (χ3v) is 4.12. The molecule has 0 aliphatic rings. The number of fused-ring (bicyclic) bond motifs is 1. The van der Waals surface area contributed by atoms with Crippen molar-refractivity contribution in [1.29, 1.82) is 0 Å². The Morgan fingerprint density at radius 2 is 2.21 bits per heavy atom. The van der Waals surface area contributed by atoms with Gasteiger partial charge in [-0.25, -0.2) is 4.98 Å². The Labute approximate surface area is 122 Å². The third kappa shape index (κ3) is 2.32. The van der Waals surface area contributed by atoms with Crippen molar-refractivity contribution in [2.24, 2.45) is 0 Å². The molecule has 19 heavy (non-hydrogen) atoms. The molecule has 0 aliphatic carbocycles. The van der Waals surface area contributed by atoms with E-state index >= 15 is 0 Å². The normalized spacial score (nSPS) is 10.8. The molecule has 4 nitrogen and oxygen atoms in total. The van der Waals surface area contributed by atoms with E-state index in [1.807, 2.05) is 11.6 Å². The first-order valence-corrected chi connectivity index (χ1v) is 6.96. The fourth-order valence-electron chi connectivity index (χ4n) is 1.62. The number of halogens is 2. The molecule has 96 valence electrons. The van der Waals surface area contributed by atoms with Crippen LogP contribution < -0.4 is 5.32 Å². The van der Waals surface area contributed by atoms with Crippen molar-refractivity contribution in [2.75, 3.05) is 5.32 Å². The zero-order valence-electron chi connectivity index (χ0n) is 9.43. The molecule has 3 aromatic rings. The largest absolute Gasteiger partial charge is 0.319 e. The summed E-state index contributed by atoms with van der Waals surface area (Å²) in [5.74, 6) is -0.319. The maximum absolute atomic E-state index is 12.1. The molecule has 0 fully saturated rings. The van der Waals surface area contributed by atoms with Gasteiger partial charge in [0.05, 0.1) is 15.7 Å². The van der Waals surface area contributed by atoms with Crippen LogP contribution in [0.1, 0.15) is 10.5 Å². The van der Waals surface area contributed by atoms with Crippen LogP contribution in [0, 0.1) is 0 Å². The maximum Gasteiger partial charge on any atom is 0.275 e. The summed E-state index contributed by atoms with van der Waals surface area (Å²) in [5, 5.41) is 5.30. The standard InChI is InChI=1S/C12H7Cl2N3OS/c13-7-2-1-3-8(10(7)14)15-11(18)9-6-17-4-5-19-12(17)16-9/h1-6H,(H,15,18). The lowest BCUT2D eigenvalue weighted by atomic mass is 10.3. The van der Waals surface area contributed by atoms with Gasteiger partial charge in [-0.15, -0.1) is 11.3 Å². The molecule has 0 bridgehead atoms. The van der Waals surface area contributed by atoms with Crippen molar-refractivity contribution < 1.29 is 4.79 Å². The molecular weight excluding hydrogens is 305 g/mol. The fourth-order valence-corrected chi connectivity index (χ4v) is 2.67. The molecule has 0 saturated heterocycles. The number of nitrogens with zero attached hydrogens (tertiary/aromatic N) is 2. The molecule has 3 rings (SSSR count). The maximum atomic E-state index is 12.1. The highest BCUT2D eigenvalue weighted by molar-refractivity contribution is 7.15. The highest BCUT2D eigenvalue weighted by Crippen LogP contribution is 2.29. The second kappa shape index (κ2) is 4.85. The number of aromatic nitrogens is 2. The summed E-state index contributed by atoms with van der Waals surface area (Å²) in [6, 6.07) is 5.06. The Balaban J connectivity index is 1.89. The topological polar surface area (TPSA) is 46.4 Å². The molecule has 2 heterocycles. The monoisotopic (exact) mass is 311 g/mol. The SMILES string of the molecule is O=C(Nc1cccc(Cl)c1Cl)c1cn2ccsc2n1. The molecule has 7 heteroatoms. The van der Waals surface area contributed by atoms with E-state index in [0.717, 1.165) is 4.96 Å². The Morgan fingerprint density at radius 1 is 1.37 bits per heavy atom. The van der Waals surface area contributed by atoms with Crippen molar-refractivity contribution in [3.63, 3.8) is 0 Å². The van der Waals surface area contributed by atoms with Crippen LogP contribution in [0.15, 0.2) is 36.0 Å². The van der Waals surface area contributed by atoms with E-state index in [-0.39, 0.29) is 5.91 Å². The fraction of sp³-hybridized carbons (Fsp3) is 0. The minimum Gasteiger partial charge on any atom is -0.319 e. The number of rotatable bonds is 2. The molecule has 0 saturated carbocycles. The number of imidazole rings is 1. The van der Waals surface area contributed by atoms with Gasteiger partial charge in [0.25, 0.3) is 5.91 Å². The third-order valence-electron chi connectivity index (χ3n) is 2.53. The van der Waals surface area contributed by atoms with Crippen molar-refractivity contribution in [3.8, 4) is 0 Å². The number of hydrogen-bond donors (Lipinski definition) is 1. The van der Waals surface area contributed by atoms with Crippen LogP contribution in [0.5, 0.6) is 0 Å². The number of carbonyl (C=O) groups excluding carboxylic acids is 1. The molecule has 1 amide bonds. The molecule has 2 aromatic heterocycles. The number of benzene rings is 1. The summed E-state index contributed by atoms with van der Waals surface area (Å²) >= 11 is 13.4. The Kier molecular flexibility index (Phi) is 3.18. The molecule has 0 spiro atoms. The first-order valence-electron chi connectivity index (χ1n) is 5.33. The van der Waals surface area contributed by atoms with Gasteiger partial charge >= 0.3 is 0 Å². The second-order valence-corrected chi connectivity index (χ2v) is 5.43. The zero-order valence-corrected chi connectivity index (χ0v) is 11.8. The highest BCUT2D eigenvalue weighted by atomic mass is 35.5. The van der Waals surface area contributed by atoms with Gasteiger partial charge in [0.1, 0.15) is 5.69 Å². The molecule has 1 N–H and O–H groups in total. The van der Waals surface area contributed by atoms with Gasteiger partial charge in [0, 0.05) is 17.8 Å². The smallest absolute Gasteiger partial charge is 0.275 e. The Bertz CT molecular complexity index is 737. The van der Waals surface area contributed by atoms with E-state index in [1.54, 1.807) is 28.8 Å². The second-order valence-electron chi connectivity index (χ2n) is 3.77. The van der Waals surface area contributed by atoms with E-state index in [1.165, 1.54) is 11.3 Å². The molecular formula is C12H7Cl2N3OS. The molecule has 0 unspecified atom stereocenters. The number of hydrogen-bond acceptors (Lipinski definition) is 3. The quantitative estimate of drug-likeness (QED) is 0.778. The van der Waals surface area contributed by atoms with Gasteiger partial charge in [-0.05, 0) is 12.1 Å². The highest BCUT2D eigenvalue weighted by Gasteiger charge is 2.13. The lowest BCUT2D eigenvalue weighted by molar-refractivity contribution is 0.102. The summed E-state index contributed by atoms with van der Waals surface area (Å²) in [7, 11) is 0. The van der Waals surface area contributed by atoms with Crippen LogP contribution >= 0.6 is 34.5 Å². The lowest BCUT2D eigenvalue weighted by Crippen LogP contribution is -2.12. The molecule has 0 radical (unpaired) electrons. The van der Waals surface area contributed by atoms with Gasteiger partial charge in [0.2, 0.25) is 0 Å². The van der Waals surface area contributed by atoms with E-state index in [4.69, 9.17) is 23.2 Å². The zero-order chi connectivity index (χ0) is 13.4. The number of nitrogens with one attached hydrogen (secondary N) is 1. The van der Waals surface area contributed by atoms with Gasteiger partial charge in [-0.2, -0.15) is 0 Å². The van der Waals surface area contributed by atoms with Crippen LogP contribution in [-0.2, 0) is 0 Å². The number of carbonyl (C=O) groups is 1. The lowest BCUT2D eigenvalue weighted by Gasteiger charge is -2.06. The van der Waals surface area contributed by atoms with Crippen molar-refractivity contribution in [2.45, 2.75) is 0 Å². The molecule has 1 aromatic carbocycles. The average molecular weight is 312 g/mol. The van der Waals surface area contributed by atoms with Crippen molar-refractivity contribution in [3.05, 3.63) is 51.7 Å². The van der Waals surface area contributed by atoms with E-state index in [2.05, 4.69) is 10.3 Å². The minimum atomic E-state index is -0.319. The van der Waals surface area contributed by atoms with Crippen LogP contribution in [0.25, 0.3) is 4.96 Å². The van der Waals surface area contributed by atoms with Gasteiger partial charge < -0.3 is 5.32 Å². The van der Waals surface area contributed by atoms with Gasteiger partial charge in [-0.3, -0.25) is 9.20 Å². The Morgan fingerprint density at radius 3 is 3.00 bits per heavy atom. The number of anilines is 1. The van der Waals surface area contributed by atoms with Gasteiger partial charge in [-0.1, -0.05) is 29.3 Å². The minimum absolute atomic E-state index is 0.318. The average Bonchev–Trinajstić information content (AvgIpc) is 2.95. The first kappa shape index (κ1) is 12.5. The molecule has 0 aliphatic heterocycles. The Hall–Kier alpha value is -1.56. The summed E-state index contributed by atoms with van der Waals surface area (Å²) < 4.78 is 1.79. The van der Waals surface area contributed by atoms with Crippen LogP contribution in [0.4, 0.5) is 5.69 Å². The summed E-state index contributed by atoms with van der Waals surface area (Å²) in [5.41, 5.74) is 0.804. The van der Waals surface area contributed by atoms with Crippen molar-refractivity contribution in [1.82, 2.24) is 9.38 Å². The predicted molar refractivity (Wildman–Crippen MR) is 77.5 cm³/mol. The van der Waals surface area contributed by atoms with Gasteiger partial charge in [0.15, 0.2) is 4.96 Å². The first-order chi connectivity index (χ1) is 9.15. The van der Waals surface area contributed by atoms with E-state index in [9.17, 15) is 4.79 Å².